The first-order valence-electron chi connectivity index (χ1n) is 9.96. The lowest BCUT2D eigenvalue weighted by atomic mass is 10.1. The Morgan fingerprint density at radius 2 is 1.94 bits per heavy atom. The third-order valence-corrected chi connectivity index (χ3v) is 5.63. The minimum absolute atomic E-state index is 0.0314. The van der Waals surface area contributed by atoms with Gasteiger partial charge in [0.05, 0.1) is 35.6 Å². The fourth-order valence-corrected chi connectivity index (χ4v) is 3.64. The number of amides is 2. The molecule has 3 N–H and O–H groups in total. The molecular formula is C22H20ClF2N5O3. The molecule has 4 rings (SSSR count). The van der Waals surface area contributed by atoms with Crippen molar-refractivity contribution >= 4 is 29.1 Å². The molecule has 2 aromatic carbocycles. The van der Waals surface area contributed by atoms with Crippen molar-refractivity contribution in [3.05, 3.63) is 64.6 Å². The normalized spacial score (nSPS) is 13.4. The molecule has 172 valence electrons. The van der Waals surface area contributed by atoms with Gasteiger partial charge in [-0.15, -0.1) is 0 Å². The van der Waals surface area contributed by atoms with Gasteiger partial charge in [-0.3, -0.25) is 9.59 Å². The van der Waals surface area contributed by atoms with E-state index in [-0.39, 0.29) is 45.4 Å². The zero-order chi connectivity index (χ0) is 23.7. The second-order valence-corrected chi connectivity index (χ2v) is 7.85. The summed E-state index contributed by atoms with van der Waals surface area (Å²) in [5.41, 5.74) is 0.771. The van der Waals surface area contributed by atoms with Gasteiger partial charge in [0.15, 0.2) is 17.4 Å². The summed E-state index contributed by atoms with van der Waals surface area (Å²) in [4.78, 5) is 29.1. The number of nitrogens with one attached hydrogen (secondary N) is 3. The summed E-state index contributed by atoms with van der Waals surface area (Å²) >= 11 is 6.23. The van der Waals surface area contributed by atoms with Gasteiger partial charge >= 0.3 is 0 Å². The third kappa shape index (κ3) is 4.39. The Morgan fingerprint density at radius 3 is 2.58 bits per heavy atom. The van der Waals surface area contributed by atoms with Gasteiger partial charge in [-0.1, -0.05) is 11.6 Å². The van der Waals surface area contributed by atoms with Crippen LogP contribution in [0.5, 0.6) is 5.75 Å². The van der Waals surface area contributed by atoms with E-state index in [0.29, 0.717) is 18.8 Å². The number of halogens is 3. The van der Waals surface area contributed by atoms with Crippen molar-refractivity contribution in [3.8, 4) is 17.0 Å². The van der Waals surface area contributed by atoms with Crippen LogP contribution in [0.2, 0.25) is 5.02 Å². The molecule has 11 heteroatoms. The lowest BCUT2D eigenvalue weighted by Crippen LogP contribution is -2.56. The first kappa shape index (κ1) is 22.7. The van der Waals surface area contributed by atoms with E-state index in [9.17, 15) is 18.4 Å². The average Bonchev–Trinajstić information content (AvgIpc) is 3.14. The highest BCUT2D eigenvalue weighted by Gasteiger charge is 2.23. The van der Waals surface area contributed by atoms with Crippen LogP contribution in [0.25, 0.3) is 11.3 Å². The molecule has 1 fully saturated rings. The molecule has 0 aliphatic carbocycles. The van der Waals surface area contributed by atoms with Crippen LogP contribution in [0.1, 0.15) is 21.0 Å². The van der Waals surface area contributed by atoms with Gasteiger partial charge in [-0.25, -0.2) is 9.37 Å². The molecule has 2 amide bonds. The van der Waals surface area contributed by atoms with E-state index >= 15 is 0 Å². The highest BCUT2D eigenvalue weighted by atomic mass is 35.5. The Labute approximate surface area is 192 Å². The van der Waals surface area contributed by atoms with Crippen LogP contribution in [-0.2, 0) is 7.05 Å². The largest absolute Gasteiger partial charge is 0.494 e. The standard InChI is InChI=1S/C22H20ClF2N5O3/c1-30-16(14-5-6-17(33-2)19(25)18(14)24)10-27-20(30)22(32)28-11-3-4-13(15(23)7-11)21(31)29-12-8-26-9-12/h3-7,10,12,26H,8-9H2,1-2H3,(H,28,32)(H,29,31). The van der Waals surface area contributed by atoms with Crippen LogP contribution in [0.3, 0.4) is 0 Å². The highest BCUT2D eigenvalue weighted by Crippen LogP contribution is 2.30. The van der Waals surface area contributed by atoms with E-state index in [4.69, 9.17) is 16.3 Å². The monoisotopic (exact) mass is 475 g/mol. The lowest BCUT2D eigenvalue weighted by molar-refractivity contribution is 0.0923. The van der Waals surface area contributed by atoms with Crippen molar-refractivity contribution in [2.75, 3.05) is 25.5 Å². The van der Waals surface area contributed by atoms with Crippen molar-refractivity contribution in [2.24, 2.45) is 7.05 Å². The number of imidazole rings is 1. The van der Waals surface area contributed by atoms with E-state index in [1.807, 2.05) is 0 Å². The SMILES string of the molecule is COc1ccc(-c2cnc(C(=O)Nc3ccc(C(=O)NC4CNC4)c(Cl)c3)n2C)c(F)c1F. The van der Waals surface area contributed by atoms with Crippen molar-refractivity contribution < 1.29 is 23.1 Å². The Balaban J connectivity index is 1.52. The number of hydrogen-bond donors (Lipinski definition) is 3. The number of carbonyl (C=O) groups excluding carboxylic acids is 2. The zero-order valence-corrected chi connectivity index (χ0v) is 18.5. The van der Waals surface area contributed by atoms with Crippen LogP contribution in [0.4, 0.5) is 14.5 Å². The minimum atomic E-state index is -1.13. The van der Waals surface area contributed by atoms with E-state index in [0.717, 1.165) is 0 Å². The van der Waals surface area contributed by atoms with Crippen molar-refractivity contribution in [1.29, 1.82) is 0 Å². The molecule has 2 heterocycles. The van der Waals surface area contributed by atoms with Gasteiger partial charge in [0.25, 0.3) is 11.8 Å². The van der Waals surface area contributed by atoms with E-state index in [1.165, 1.54) is 49.2 Å². The molecule has 0 radical (unpaired) electrons. The Bertz CT molecular complexity index is 1240. The number of aromatic nitrogens is 2. The smallest absolute Gasteiger partial charge is 0.291 e. The number of carbonyl (C=O) groups is 2. The average molecular weight is 476 g/mol. The fraction of sp³-hybridized carbons (Fsp3) is 0.227. The first-order valence-corrected chi connectivity index (χ1v) is 10.3. The van der Waals surface area contributed by atoms with Crippen molar-refractivity contribution in [3.63, 3.8) is 0 Å². The zero-order valence-electron chi connectivity index (χ0n) is 17.7. The summed E-state index contributed by atoms with van der Waals surface area (Å²) < 4.78 is 34.7. The number of nitrogens with zero attached hydrogens (tertiary/aromatic N) is 2. The maximum absolute atomic E-state index is 14.5. The van der Waals surface area contributed by atoms with Crippen LogP contribution in [0.15, 0.2) is 36.5 Å². The molecule has 1 aliphatic heterocycles. The number of ether oxygens (including phenoxy) is 1. The van der Waals surface area contributed by atoms with Gasteiger partial charge in [-0.2, -0.15) is 4.39 Å². The molecule has 1 saturated heterocycles. The quantitative estimate of drug-likeness (QED) is 0.509. The lowest BCUT2D eigenvalue weighted by Gasteiger charge is -2.28. The molecule has 0 unspecified atom stereocenters. The molecule has 0 atom stereocenters. The van der Waals surface area contributed by atoms with Crippen molar-refractivity contribution in [2.45, 2.75) is 6.04 Å². The summed E-state index contributed by atoms with van der Waals surface area (Å²) in [6.07, 6.45) is 1.27. The highest BCUT2D eigenvalue weighted by molar-refractivity contribution is 6.34. The van der Waals surface area contributed by atoms with E-state index in [2.05, 4.69) is 20.9 Å². The van der Waals surface area contributed by atoms with Gasteiger partial charge in [0, 0.05) is 31.4 Å². The van der Waals surface area contributed by atoms with Crippen LogP contribution in [-0.4, -0.2) is 47.6 Å². The minimum Gasteiger partial charge on any atom is -0.494 e. The topological polar surface area (TPSA) is 97.3 Å². The Kier molecular flexibility index (Phi) is 6.30. The molecule has 1 aliphatic rings. The molecule has 1 aromatic heterocycles. The summed E-state index contributed by atoms with van der Waals surface area (Å²) in [6, 6.07) is 7.21. The Hall–Kier alpha value is -3.50. The number of hydrogen-bond acceptors (Lipinski definition) is 5. The number of benzene rings is 2. The molecule has 0 bridgehead atoms. The summed E-state index contributed by atoms with van der Waals surface area (Å²) in [5.74, 6) is -3.39. The van der Waals surface area contributed by atoms with Crippen LogP contribution in [0, 0.1) is 11.6 Å². The summed E-state index contributed by atoms with van der Waals surface area (Å²) in [6.45, 7) is 1.41. The molecule has 33 heavy (non-hydrogen) atoms. The molecule has 8 nitrogen and oxygen atoms in total. The third-order valence-electron chi connectivity index (χ3n) is 5.32. The number of methoxy groups -OCH3 is 1. The maximum atomic E-state index is 14.5. The van der Waals surface area contributed by atoms with Crippen molar-refractivity contribution in [1.82, 2.24) is 20.2 Å². The van der Waals surface area contributed by atoms with Gasteiger partial charge in [0.2, 0.25) is 5.82 Å². The number of anilines is 1. The predicted molar refractivity (Wildman–Crippen MR) is 119 cm³/mol. The summed E-state index contributed by atoms with van der Waals surface area (Å²) in [7, 11) is 2.75. The maximum Gasteiger partial charge on any atom is 0.291 e. The molecule has 0 saturated carbocycles. The van der Waals surface area contributed by atoms with Crippen LogP contribution >= 0.6 is 11.6 Å². The molecular weight excluding hydrogens is 456 g/mol. The second kappa shape index (κ2) is 9.16. The predicted octanol–water partition coefficient (Wildman–Crippen LogP) is 2.98. The second-order valence-electron chi connectivity index (χ2n) is 7.45. The number of rotatable bonds is 6. The molecule has 3 aromatic rings. The first-order chi connectivity index (χ1) is 15.8. The van der Waals surface area contributed by atoms with Gasteiger partial charge in [0.1, 0.15) is 0 Å². The van der Waals surface area contributed by atoms with Gasteiger partial charge in [-0.05, 0) is 30.3 Å². The van der Waals surface area contributed by atoms with E-state index in [1.54, 1.807) is 6.07 Å². The van der Waals surface area contributed by atoms with Gasteiger partial charge < -0.3 is 25.3 Å². The summed E-state index contributed by atoms with van der Waals surface area (Å²) in [5, 5.41) is 8.72. The van der Waals surface area contributed by atoms with E-state index < -0.39 is 17.5 Å². The van der Waals surface area contributed by atoms with Crippen LogP contribution < -0.4 is 20.7 Å². The fourth-order valence-electron chi connectivity index (χ4n) is 3.38. The molecule has 0 spiro atoms. The Morgan fingerprint density at radius 1 is 1.18 bits per heavy atom.